The van der Waals surface area contributed by atoms with E-state index in [0.29, 0.717) is 15.9 Å². The van der Waals surface area contributed by atoms with Crippen LogP contribution in [-0.2, 0) is 0 Å². The first-order valence-corrected chi connectivity index (χ1v) is 4.43. The number of hydrogen-bond acceptors (Lipinski definition) is 2. The topological polar surface area (TPSA) is 38.9 Å². The molecule has 1 heterocycles. The molecule has 66 valence electrons. The predicted octanol–water partition coefficient (Wildman–Crippen LogP) is 3.12. The molecule has 0 amide bonds. The van der Waals surface area contributed by atoms with Crippen LogP contribution in [0.4, 0.5) is 5.82 Å². The van der Waals surface area contributed by atoms with Crippen LogP contribution in [0.1, 0.15) is 0 Å². The molecule has 0 fully saturated rings. The van der Waals surface area contributed by atoms with Crippen molar-refractivity contribution in [3.63, 3.8) is 0 Å². The number of anilines is 1. The number of hydrogen-bond donors (Lipinski definition) is 1. The first-order valence-electron chi connectivity index (χ1n) is 3.68. The minimum atomic E-state index is 0.478. The minimum Gasteiger partial charge on any atom is -0.384 e. The average molecular weight is 213 g/mol. The highest BCUT2D eigenvalue weighted by Gasteiger charge is 2.03. The van der Waals surface area contributed by atoms with Gasteiger partial charge >= 0.3 is 0 Å². The monoisotopic (exact) mass is 212 g/mol. The molecule has 0 spiro atoms. The van der Waals surface area contributed by atoms with Gasteiger partial charge in [0.25, 0.3) is 0 Å². The van der Waals surface area contributed by atoms with E-state index in [-0.39, 0.29) is 0 Å². The van der Waals surface area contributed by atoms with Crippen molar-refractivity contribution in [1.82, 2.24) is 4.98 Å². The van der Waals surface area contributed by atoms with Crippen molar-refractivity contribution in [3.05, 3.63) is 34.4 Å². The predicted molar refractivity (Wildman–Crippen MR) is 56.2 cm³/mol. The van der Waals surface area contributed by atoms with Gasteiger partial charge in [-0.3, -0.25) is 0 Å². The van der Waals surface area contributed by atoms with E-state index >= 15 is 0 Å². The Morgan fingerprint density at radius 2 is 2.00 bits per heavy atom. The van der Waals surface area contributed by atoms with Crippen molar-refractivity contribution in [2.24, 2.45) is 0 Å². The van der Waals surface area contributed by atoms with Gasteiger partial charge < -0.3 is 5.73 Å². The van der Waals surface area contributed by atoms with Crippen molar-refractivity contribution >= 4 is 39.8 Å². The lowest BCUT2D eigenvalue weighted by molar-refractivity contribution is 1.37. The summed E-state index contributed by atoms with van der Waals surface area (Å²) in [6.07, 6.45) is 1.62. The number of nitrogens with two attached hydrogens (primary N) is 1. The Hall–Kier alpha value is -0.990. The van der Waals surface area contributed by atoms with Crippen LogP contribution in [0.15, 0.2) is 24.4 Å². The van der Waals surface area contributed by atoms with Crippen molar-refractivity contribution in [3.8, 4) is 0 Å². The second-order valence-corrected chi connectivity index (χ2v) is 3.48. The van der Waals surface area contributed by atoms with Gasteiger partial charge in [-0.25, -0.2) is 4.98 Å². The normalized spacial score (nSPS) is 10.6. The third kappa shape index (κ3) is 1.43. The van der Waals surface area contributed by atoms with Gasteiger partial charge in [0.2, 0.25) is 0 Å². The lowest BCUT2D eigenvalue weighted by Crippen LogP contribution is -1.88. The van der Waals surface area contributed by atoms with Gasteiger partial charge in [0.05, 0.1) is 10.0 Å². The Balaban J connectivity index is 2.87. The Bertz CT molecular complexity index is 468. The zero-order valence-corrected chi connectivity index (χ0v) is 8.10. The highest BCUT2D eigenvalue weighted by Crippen LogP contribution is 2.30. The number of nitrogen functional groups attached to an aromatic ring is 1. The maximum atomic E-state index is 5.97. The molecular weight excluding hydrogens is 207 g/mol. The second-order valence-electron chi connectivity index (χ2n) is 2.69. The number of fused-ring (bicyclic) bond motifs is 1. The molecule has 0 radical (unpaired) electrons. The molecule has 1 aromatic carbocycles. The lowest BCUT2D eigenvalue weighted by atomic mass is 10.2. The average Bonchev–Trinajstić information content (AvgIpc) is 2.12. The molecule has 1 aromatic heterocycles. The Kier molecular flexibility index (Phi) is 2.02. The number of rotatable bonds is 0. The molecule has 2 N–H and O–H groups in total. The zero-order valence-electron chi connectivity index (χ0n) is 6.59. The standard InChI is InChI=1S/C9H6Cl2N2/c10-7-2-1-5-3-8(12)13-4-6(5)9(7)11/h1-4H,(H2,12,13). The summed E-state index contributed by atoms with van der Waals surface area (Å²) in [5.74, 6) is 0.478. The largest absolute Gasteiger partial charge is 0.384 e. The van der Waals surface area contributed by atoms with E-state index in [1.165, 1.54) is 0 Å². The van der Waals surface area contributed by atoms with E-state index in [9.17, 15) is 0 Å². The summed E-state index contributed by atoms with van der Waals surface area (Å²) in [7, 11) is 0. The van der Waals surface area contributed by atoms with Crippen LogP contribution in [0.2, 0.25) is 10.0 Å². The Morgan fingerprint density at radius 3 is 2.77 bits per heavy atom. The molecule has 2 nitrogen and oxygen atoms in total. The van der Waals surface area contributed by atoms with Crippen LogP contribution in [0.25, 0.3) is 10.8 Å². The number of nitrogens with zero attached hydrogens (tertiary/aromatic N) is 1. The molecule has 0 bridgehead atoms. The fraction of sp³-hybridized carbons (Fsp3) is 0. The van der Waals surface area contributed by atoms with E-state index in [1.54, 1.807) is 18.3 Å². The van der Waals surface area contributed by atoms with Gasteiger partial charge in [0.1, 0.15) is 5.82 Å². The fourth-order valence-corrected chi connectivity index (χ4v) is 1.56. The van der Waals surface area contributed by atoms with Gasteiger partial charge in [0.15, 0.2) is 0 Å². The molecule has 0 unspecified atom stereocenters. The van der Waals surface area contributed by atoms with Crippen LogP contribution in [0, 0.1) is 0 Å². The molecule has 0 saturated carbocycles. The van der Waals surface area contributed by atoms with E-state index < -0.39 is 0 Å². The number of halogens is 2. The quantitative estimate of drug-likeness (QED) is 0.730. The first-order chi connectivity index (χ1) is 6.18. The smallest absolute Gasteiger partial charge is 0.123 e. The van der Waals surface area contributed by atoms with E-state index in [1.807, 2.05) is 6.07 Å². The molecule has 0 aliphatic carbocycles. The van der Waals surface area contributed by atoms with Crippen LogP contribution in [-0.4, -0.2) is 4.98 Å². The zero-order chi connectivity index (χ0) is 9.42. The van der Waals surface area contributed by atoms with Gasteiger partial charge in [-0.05, 0) is 17.5 Å². The Labute approximate surface area is 85.3 Å². The summed E-state index contributed by atoms with van der Waals surface area (Å²) in [5, 5.41) is 2.82. The molecule has 4 heteroatoms. The van der Waals surface area contributed by atoms with Crippen LogP contribution in [0.3, 0.4) is 0 Å². The van der Waals surface area contributed by atoms with E-state index in [0.717, 1.165) is 10.8 Å². The van der Waals surface area contributed by atoms with Crippen molar-refractivity contribution < 1.29 is 0 Å². The third-order valence-electron chi connectivity index (χ3n) is 1.81. The molecule has 0 aliphatic heterocycles. The summed E-state index contributed by atoms with van der Waals surface area (Å²) in [5.41, 5.74) is 5.52. The SMILES string of the molecule is Nc1cc2ccc(Cl)c(Cl)c2cn1. The number of benzene rings is 1. The second kappa shape index (κ2) is 3.05. The lowest BCUT2D eigenvalue weighted by Gasteiger charge is -2.02. The van der Waals surface area contributed by atoms with Gasteiger partial charge in [0, 0.05) is 11.6 Å². The number of pyridine rings is 1. The molecule has 0 saturated heterocycles. The van der Waals surface area contributed by atoms with Crippen LogP contribution in [0.5, 0.6) is 0 Å². The van der Waals surface area contributed by atoms with Gasteiger partial charge in [-0.1, -0.05) is 29.3 Å². The first kappa shape index (κ1) is 8.60. The molecule has 2 aromatic rings. The highest BCUT2D eigenvalue weighted by atomic mass is 35.5. The highest BCUT2D eigenvalue weighted by molar-refractivity contribution is 6.45. The van der Waals surface area contributed by atoms with Crippen molar-refractivity contribution in [2.75, 3.05) is 5.73 Å². The minimum absolute atomic E-state index is 0.478. The van der Waals surface area contributed by atoms with Gasteiger partial charge in [-0.15, -0.1) is 0 Å². The summed E-state index contributed by atoms with van der Waals surface area (Å²) < 4.78 is 0. The molecule has 0 aliphatic rings. The van der Waals surface area contributed by atoms with E-state index in [2.05, 4.69) is 4.98 Å². The van der Waals surface area contributed by atoms with Crippen molar-refractivity contribution in [2.45, 2.75) is 0 Å². The summed E-state index contributed by atoms with van der Waals surface area (Å²) in [6, 6.07) is 5.37. The van der Waals surface area contributed by atoms with Crippen LogP contribution < -0.4 is 5.73 Å². The molecular formula is C9H6Cl2N2. The van der Waals surface area contributed by atoms with Crippen LogP contribution >= 0.6 is 23.2 Å². The molecule has 13 heavy (non-hydrogen) atoms. The fourth-order valence-electron chi connectivity index (χ4n) is 1.17. The van der Waals surface area contributed by atoms with Crippen molar-refractivity contribution in [1.29, 1.82) is 0 Å². The Morgan fingerprint density at radius 1 is 1.23 bits per heavy atom. The summed E-state index contributed by atoms with van der Waals surface area (Å²) >= 11 is 11.8. The summed E-state index contributed by atoms with van der Waals surface area (Å²) in [4.78, 5) is 3.94. The maximum Gasteiger partial charge on any atom is 0.123 e. The summed E-state index contributed by atoms with van der Waals surface area (Å²) in [6.45, 7) is 0. The van der Waals surface area contributed by atoms with E-state index in [4.69, 9.17) is 28.9 Å². The van der Waals surface area contributed by atoms with Gasteiger partial charge in [-0.2, -0.15) is 0 Å². The number of aromatic nitrogens is 1. The maximum absolute atomic E-state index is 5.97. The molecule has 0 atom stereocenters. The molecule has 2 rings (SSSR count). The third-order valence-corrected chi connectivity index (χ3v) is 2.63.